The molecular weight excluding hydrogens is 377 g/mol. The number of carbonyl (C=O) groups excluding carboxylic acids is 2. The first-order valence-electron chi connectivity index (χ1n) is 7.48. The van der Waals surface area contributed by atoms with E-state index in [-0.39, 0.29) is 17.4 Å². The van der Waals surface area contributed by atoms with Crippen molar-refractivity contribution in [1.82, 2.24) is 20.1 Å². The quantitative estimate of drug-likeness (QED) is 0.716. The standard InChI is InChI=1S/C17H13Cl2N5O2/c1-20-17(26)13-3-2-4-15(22-13)23-16(25)10-8-21-24(9-10)14-6-5-11(18)7-12(14)19/h2-9H,1H3,(H,20,26)(H,22,23,25). The van der Waals surface area contributed by atoms with Crippen molar-refractivity contribution in [3.05, 3.63) is 70.1 Å². The number of nitrogens with one attached hydrogen (secondary N) is 2. The van der Waals surface area contributed by atoms with E-state index in [0.29, 0.717) is 21.3 Å². The van der Waals surface area contributed by atoms with Gasteiger partial charge in [-0.25, -0.2) is 9.67 Å². The average molecular weight is 390 g/mol. The smallest absolute Gasteiger partial charge is 0.269 e. The summed E-state index contributed by atoms with van der Waals surface area (Å²) in [5, 5.41) is 10.2. The lowest BCUT2D eigenvalue weighted by Crippen LogP contribution is -2.20. The number of amides is 2. The Labute approximate surface area is 158 Å². The predicted octanol–water partition coefficient (Wildman–Crippen LogP) is 3.19. The summed E-state index contributed by atoms with van der Waals surface area (Å²) in [7, 11) is 1.51. The molecule has 132 valence electrons. The van der Waals surface area contributed by atoms with Crippen molar-refractivity contribution in [3.63, 3.8) is 0 Å². The van der Waals surface area contributed by atoms with E-state index in [1.54, 1.807) is 36.4 Å². The molecule has 0 fully saturated rings. The van der Waals surface area contributed by atoms with E-state index in [1.807, 2.05) is 0 Å². The summed E-state index contributed by atoms with van der Waals surface area (Å²) in [6.07, 6.45) is 2.94. The number of benzene rings is 1. The number of pyridine rings is 1. The van der Waals surface area contributed by atoms with Gasteiger partial charge in [-0.3, -0.25) is 9.59 Å². The third kappa shape index (κ3) is 3.84. The average Bonchev–Trinajstić information content (AvgIpc) is 3.11. The summed E-state index contributed by atoms with van der Waals surface area (Å²) in [6.45, 7) is 0. The molecule has 1 aromatic carbocycles. The molecule has 0 unspecified atom stereocenters. The maximum atomic E-state index is 12.4. The van der Waals surface area contributed by atoms with Gasteiger partial charge in [0.2, 0.25) is 0 Å². The van der Waals surface area contributed by atoms with Crippen LogP contribution < -0.4 is 10.6 Å². The molecular formula is C17H13Cl2N5O2. The monoisotopic (exact) mass is 389 g/mol. The second-order valence-electron chi connectivity index (χ2n) is 5.21. The zero-order valence-corrected chi connectivity index (χ0v) is 15.0. The van der Waals surface area contributed by atoms with Crippen LogP contribution in [0.15, 0.2) is 48.8 Å². The third-order valence-corrected chi connectivity index (χ3v) is 3.99. The van der Waals surface area contributed by atoms with Crippen LogP contribution in [0, 0.1) is 0 Å². The summed E-state index contributed by atoms with van der Waals surface area (Å²) in [5.41, 5.74) is 1.10. The number of anilines is 1. The summed E-state index contributed by atoms with van der Waals surface area (Å²) in [5.74, 6) is -0.498. The Hall–Kier alpha value is -2.90. The fourth-order valence-electron chi connectivity index (χ4n) is 2.19. The second kappa shape index (κ2) is 7.55. The van der Waals surface area contributed by atoms with Crippen molar-refractivity contribution in [2.75, 3.05) is 12.4 Å². The van der Waals surface area contributed by atoms with Gasteiger partial charge in [-0.15, -0.1) is 0 Å². The number of rotatable bonds is 4. The van der Waals surface area contributed by atoms with Gasteiger partial charge in [-0.05, 0) is 30.3 Å². The van der Waals surface area contributed by atoms with E-state index in [1.165, 1.54) is 24.1 Å². The molecule has 0 aliphatic heterocycles. The highest BCUT2D eigenvalue weighted by molar-refractivity contribution is 6.35. The van der Waals surface area contributed by atoms with E-state index in [4.69, 9.17) is 23.2 Å². The third-order valence-electron chi connectivity index (χ3n) is 3.45. The first-order chi connectivity index (χ1) is 12.5. The molecule has 2 N–H and O–H groups in total. The van der Waals surface area contributed by atoms with E-state index in [0.717, 1.165) is 0 Å². The molecule has 0 spiro atoms. The molecule has 0 radical (unpaired) electrons. The van der Waals surface area contributed by atoms with E-state index >= 15 is 0 Å². The fourth-order valence-corrected chi connectivity index (χ4v) is 2.68. The molecule has 3 aromatic rings. The zero-order valence-electron chi connectivity index (χ0n) is 13.5. The maximum Gasteiger partial charge on any atom is 0.269 e. The van der Waals surface area contributed by atoms with E-state index < -0.39 is 5.91 Å². The highest BCUT2D eigenvalue weighted by atomic mass is 35.5. The Balaban J connectivity index is 1.79. The van der Waals surface area contributed by atoms with Crippen LogP contribution in [0.3, 0.4) is 0 Å². The molecule has 2 aromatic heterocycles. The minimum absolute atomic E-state index is 0.203. The Morgan fingerprint density at radius 1 is 1.12 bits per heavy atom. The number of halogens is 2. The highest BCUT2D eigenvalue weighted by Crippen LogP contribution is 2.24. The minimum Gasteiger partial charge on any atom is -0.354 e. The molecule has 0 atom stereocenters. The molecule has 26 heavy (non-hydrogen) atoms. The Morgan fingerprint density at radius 2 is 1.92 bits per heavy atom. The maximum absolute atomic E-state index is 12.4. The topological polar surface area (TPSA) is 88.9 Å². The number of hydrogen-bond donors (Lipinski definition) is 2. The number of carbonyl (C=O) groups is 2. The lowest BCUT2D eigenvalue weighted by Gasteiger charge is -2.05. The molecule has 0 aliphatic carbocycles. The van der Waals surface area contributed by atoms with Gasteiger partial charge >= 0.3 is 0 Å². The summed E-state index contributed by atoms with van der Waals surface area (Å²) >= 11 is 12.0. The Kier molecular flexibility index (Phi) is 5.20. The van der Waals surface area contributed by atoms with Crippen molar-refractivity contribution in [2.24, 2.45) is 0 Å². The van der Waals surface area contributed by atoms with Crippen LogP contribution in [0.1, 0.15) is 20.8 Å². The first-order valence-corrected chi connectivity index (χ1v) is 8.24. The lowest BCUT2D eigenvalue weighted by atomic mass is 10.3. The Bertz CT molecular complexity index is 987. The number of hydrogen-bond acceptors (Lipinski definition) is 4. The zero-order chi connectivity index (χ0) is 18.7. The fraction of sp³-hybridized carbons (Fsp3) is 0.0588. The SMILES string of the molecule is CNC(=O)c1cccc(NC(=O)c2cnn(-c3ccc(Cl)cc3Cl)c2)n1. The lowest BCUT2D eigenvalue weighted by molar-refractivity contribution is 0.0956. The Morgan fingerprint density at radius 3 is 2.65 bits per heavy atom. The van der Waals surface area contributed by atoms with Crippen LogP contribution >= 0.6 is 23.2 Å². The van der Waals surface area contributed by atoms with Gasteiger partial charge in [0.25, 0.3) is 11.8 Å². The van der Waals surface area contributed by atoms with E-state index in [2.05, 4.69) is 20.7 Å². The van der Waals surface area contributed by atoms with E-state index in [9.17, 15) is 9.59 Å². The van der Waals surface area contributed by atoms with Crippen LogP contribution in [0.2, 0.25) is 10.0 Å². The van der Waals surface area contributed by atoms with Gasteiger partial charge in [-0.1, -0.05) is 29.3 Å². The molecule has 3 rings (SSSR count). The first kappa shape index (κ1) is 17.9. The molecule has 0 saturated heterocycles. The molecule has 7 nitrogen and oxygen atoms in total. The van der Waals surface area contributed by atoms with Crippen molar-refractivity contribution < 1.29 is 9.59 Å². The number of nitrogens with zero attached hydrogens (tertiary/aromatic N) is 3. The van der Waals surface area contributed by atoms with Gasteiger partial charge in [0.1, 0.15) is 11.5 Å². The van der Waals surface area contributed by atoms with Gasteiger partial charge in [0.05, 0.1) is 22.5 Å². The van der Waals surface area contributed by atoms with Gasteiger partial charge in [0, 0.05) is 18.3 Å². The molecule has 0 bridgehead atoms. The molecule has 0 aliphatic rings. The predicted molar refractivity (Wildman–Crippen MR) is 99.2 cm³/mol. The van der Waals surface area contributed by atoms with Gasteiger partial charge < -0.3 is 10.6 Å². The molecule has 9 heteroatoms. The highest BCUT2D eigenvalue weighted by Gasteiger charge is 2.13. The van der Waals surface area contributed by atoms with Crippen LogP contribution in [-0.4, -0.2) is 33.6 Å². The second-order valence-corrected chi connectivity index (χ2v) is 6.05. The summed E-state index contributed by atoms with van der Waals surface area (Å²) < 4.78 is 1.47. The number of aromatic nitrogens is 3. The minimum atomic E-state index is -0.414. The normalized spacial score (nSPS) is 10.4. The summed E-state index contributed by atoms with van der Waals surface area (Å²) in [6, 6.07) is 9.74. The van der Waals surface area contributed by atoms with Crippen molar-refractivity contribution in [3.8, 4) is 5.69 Å². The van der Waals surface area contributed by atoms with Gasteiger partial charge in [0.15, 0.2) is 0 Å². The van der Waals surface area contributed by atoms with Gasteiger partial charge in [-0.2, -0.15) is 5.10 Å². The molecule has 2 amide bonds. The van der Waals surface area contributed by atoms with Crippen molar-refractivity contribution in [2.45, 2.75) is 0 Å². The molecule has 2 heterocycles. The van der Waals surface area contributed by atoms with Crippen LogP contribution in [0.25, 0.3) is 5.69 Å². The summed E-state index contributed by atoms with van der Waals surface area (Å²) in [4.78, 5) is 28.1. The largest absolute Gasteiger partial charge is 0.354 e. The van der Waals surface area contributed by atoms with Crippen molar-refractivity contribution >= 4 is 40.8 Å². The van der Waals surface area contributed by atoms with Crippen LogP contribution in [0.5, 0.6) is 0 Å². The van der Waals surface area contributed by atoms with Crippen LogP contribution in [0.4, 0.5) is 5.82 Å². The molecule has 0 saturated carbocycles. The van der Waals surface area contributed by atoms with Crippen molar-refractivity contribution in [1.29, 1.82) is 0 Å². The van der Waals surface area contributed by atoms with Crippen LogP contribution in [-0.2, 0) is 0 Å².